The molecule has 1 aliphatic rings. The van der Waals surface area contributed by atoms with Crippen LogP contribution in [0.2, 0.25) is 0 Å². The van der Waals surface area contributed by atoms with Crippen LogP contribution >= 0.6 is 0 Å². The van der Waals surface area contributed by atoms with Crippen molar-refractivity contribution < 1.29 is 23.7 Å². The minimum absolute atomic E-state index is 0.00140. The van der Waals surface area contributed by atoms with Gasteiger partial charge in [0, 0.05) is 33.4 Å². The fourth-order valence-corrected chi connectivity index (χ4v) is 4.96. The monoisotopic (exact) mass is 514 g/mol. The molecule has 0 radical (unpaired) electrons. The molecule has 0 aromatic heterocycles. The van der Waals surface area contributed by atoms with Gasteiger partial charge in [0.25, 0.3) is 0 Å². The summed E-state index contributed by atoms with van der Waals surface area (Å²) in [5.41, 5.74) is 0. The molecule has 0 spiro atoms. The van der Waals surface area contributed by atoms with Gasteiger partial charge < -0.3 is 23.7 Å². The first kappa shape index (κ1) is 33.8. The average molecular weight is 515 g/mol. The summed E-state index contributed by atoms with van der Waals surface area (Å²) in [6, 6.07) is 0. The SMILES string of the molecule is CCCCCCCCOC[C@@H]1C[C@H](OCCCCCCCC)[C@@H](OCCCCCCCC)[C@H](OC)O1. The van der Waals surface area contributed by atoms with Crippen LogP contribution in [0, 0.1) is 0 Å². The molecule has 0 saturated carbocycles. The molecule has 1 saturated heterocycles. The Balaban J connectivity index is 2.44. The van der Waals surface area contributed by atoms with Crippen LogP contribution in [0.3, 0.4) is 0 Å². The molecule has 216 valence electrons. The highest BCUT2D eigenvalue weighted by Crippen LogP contribution is 2.27. The third kappa shape index (κ3) is 17.3. The Morgan fingerprint density at radius 1 is 0.583 bits per heavy atom. The van der Waals surface area contributed by atoms with Crippen LogP contribution in [0.4, 0.5) is 0 Å². The minimum atomic E-state index is -0.393. The molecular formula is C31H62O5. The van der Waals surface area contributed by atoms with Gasteiger partial charge in [-0.2, -0.15) is 0 Å². The summed E-state index contributed by atoms with van der Waals surface area (Å²) in [5, 5.41) is 0. The van der Waals surface area contributed by atoms with Crippen LogP contribution in [-0.4, -0.2) is 58.1 Å². The van der Waals surface area contributed by atoms with Crippen molar-refractivity contribution in [2.24, 2.45) is 0 Å². The van der Waals surface area contributed by atoms with Gasteiger partial charge in [-0.05, 0) is 19.3 Å². The van der Waals surface area contributed by atoms with Crippen molar-refractivity contribution >= 4 is 0 Å². The summed E-state index contributed by atoms with van der Waals surface area (Å²) in [6.07, 6.45) is 23.1. The second kappa shape index (κ2) is 25.1. The predicted octanol–water partition coefficient (Wildman–Crippen LogP) is 8.62. The maximum absolute atomic E-state index is 6.42. The van der Waals surface area contributed by atoms with Crippen LogP contribution in [0.1, 0.15) is 143 Å². The predicted molar refractivity (Wildman–Crippen MR) is 151 cm³/mol. The zero-order valence-electron chi connectivity index (χ0n) is 24.6. The second-order valence-corrected chi connectivity index (χ2v) is 10.7. The first-order chi connectivity index (χ1) is 17.8. The van der Waals surface area contributed by atoms with Gasteiger partial charge in [-0.25, -0.2) is 0 Å². The van der Waals surface area contributed by atoms with Gasteiger partial charge >= 0.3 is 0 Å². The number of ether oxygens (including phenoxy) is 5. The van der Waals surface area contributed by atoms with E-state index in [1.807, 2.05) is 0 Å². The molecule has 5 heteroatoms. The smallest absolute Gasteiger partial charge is 0.186 e. The minimum Gasteiger partial charge on any atom is -0.379 e. The van der Waals surface area contributed by atoms with E-state index in [-0.39, 0.29) is 18.3 Å². The lowest BCUT2D eigenvalue weighted by Crippen LogP contribution is -2.52. The van der Waals surface area contributed by atoms with Crippen molar-refractivity contribution in [2.75, 3.05) is 33.5 Å². The third-order valence-corrected chi connectivity index (χ3v) is 7.27. The number of methoxy groups -OCH3 is 1. The van der Waals surface area contributed by atoms with E-state index >= 15 is 0 Å². The zero-order chi connectivity index (χ0) is 26.1. The van der Waals surface area contributed by atoms with E-state index < -0.39 is 6.29 Å². The highest BCUT2D eigenvalue weighted by Gasteiger charge is 2.40. The molecule has 0 aliphatic carbocycles. The topological polar surface area (TPSA) is 46.2 Å². The molecule has 1 rings (SSSR count). The molecule has 0 bridgehead atoms. The lowest BCUT2D eigenvalue weighted by molar-refractivity contribution is -0.282. The maximum Gasteiger partial charge on any atom is 0.186 e. The molecule has 1 fully saturated rings. The van der Waals surface area contributed by atoms with Crippen LogP contribution < -0.4 is 0 Å². The molecule has 0 N–H and O–H groups in total. The Bertz CT molecular complexity index is 447. The second-order valence-electron chi connectivity index (χ2n) is 10.7. The lowest BCUT2D eigenvalue weighted by atomic mass is 10.0. The molecule has 0 aromatic rings. The molecule has 0 unspecified atom stereocenters. The summed E-state index contributed by atoms with van der Waals surface area (Å²) in [5.74, 6) is 0. The first-order valence-electron chi connectivity index (χ1n) is 15.8. The highest BCUT2D eigenvalue weighted by molar-refractivity contribution is 4.84. The number of rotatable bonds is 26. The maximum atomic E-state index is 6.42. The highest BCUT2D eigenvalue weighted by atomic mass is 16.7. The Labute approximate surface area is 224 Å². The van der Waals surface area contributed by atoms with Crippen molar-refractivity contribution in [1.29, 1.82) is 0 Å². The summed E-state index contributed by atoms with van der Waals surface area (Å²) >= 11 is 0. The number of hydrogen-bond donors (Lipinski definition) is 0. The molecule has 0 aromatic carbocycles. The van der Waals surface area contributed by atoms with Gasteiger partial charge in [-0.3, -0.25) is 0 Å². The fraction of sp³-hybridized carbons (Fsp3) is 1.00. The third-order valence-electron chi connectivity index (χ3n) is 7.27. The Morgan fingerprint density at radius 3 is 1.58 bits per heavy atom. The van der Waals surface area contributed by atoms with Gasteiger partial charge in [-0.1, -0.05) is 117 Å². The summed E-state index contributed by atoms with van der Waals surface area (Å²) in [7, 11) is 1.72. The molecule has 0 amide bonds. The van der Waals surface area contributed by atoms with E-state index in [1.165, 1.54) is 96.3 Å². The summed E-state index contributed by atoms with van der Waals surface area (Å²) < 4.78 is 30.8. The van der Waals surface area contributed by atoms with Crippen molar-refractivity contribution in [3.8, 4) is 0 Å². The van der Waals surface area contributed by atoms with E-state index in [9.17, 15) is 0 Å². The van der Waals surface area contributed by atoms with E-state index in [4.69, 9.17) is 23.7 Å². The Morgan fingerprint density at radius 2 is 1.06 bits per heavy atom. The summed E-state index contributed by atoms with van der Waals surface area (Å²) in [6.45, 7) is 9.73. The fourth-order valence-electron chi connectivity index (χ4n) is 4.96. The Kier molecular flexibility index (Phi) is 23.6. The van der Waals surface area contributed by atoms with E-state index in [0.29, 0.717) is 6.61 Å². The molecule has 5 nitrogen and oxygen atoms in total. The van der Waals surface area contributed by atoms with Gasteiger partial charge in [0.05, 0.1) is 18.8 Å². The van der Waals surface area contributed by atoms with Crippen LogP contribution in [0.5, 0.6) is 0 Å². The molecule has 4 atom stereocenters. The molecule has 1 aliphatic heterocycles. The van der Waals surface area contributed by atoms with Crippen molar-refractivity contribution in [3.05, 3.63) is 0 Å². The molecule has 36 heavy (non-hydrogen) atoms. The largest absolute Gasteiger partial charge is 0.379 e. The zero-order valence-corrected chi connectivity index (χ0v) is 24.6. The van der Waals surface area contributed by atoms with Crippen LogP contribution in [-0.2, 0) is 23.7 Å². The molecular weight excluding hydrogens is 452 g/mol. The quantitative estimate of drug-likeness (QED) is 0.108. The van der Waals surface area contributed by atoms with E-state index in [1.54, 1.807) is 7.11 Å². The summed E-state index contributed by atoms with van der Waals surface area (Å²) in [4.78, 5) is 0. The van der Waals surface area contributed by atoms with Crippen molar-refractivity contribution in [3.63, 3.8) is 0 Å². The lowest BCUT2D eigenvalue weighted by Gasteiger charge is -2.40. The standard InChI is InChI=1S/C31H62O5/c1-5-8-11-14-17-20-23-33-27-28-26-29(34-24-21-18-15-12-9-6-2)30(31(32-4)36-28)35-25-22-19-16-13-10-7-3/h28-31H,5-27H2,1-4H3/t28-,29-,30+,31+/m0/s1. The van der Waals surface area contributed by atoms with Gasteiger partial charge in [0.15, 0.2) is 6.29 Å². The number of unbranched alkanes of at least 4 members (excludes halogenated alkanes) is 15. The molecule has 1 heterocycles. The number of hydrogen-bond acceptors (Lipinski definition) is 5. The van der Waals surface area contributed by atoms with Gasteiger partial charge in [0.2, 0.25) is 0 Å². The van der Waals surface area contributed by atoms with E-state index in [0.717, 1.165) is 45.5 Å². The van der Waals surface area contributed by atoms with Crippen LogP contribution in [0.25, 0.3) is 0 Å². The van der Waals surface area contributed by atoms with Crippen molar-refractivity contribution in [2.45, 2.75) is 167 Å². The Hall–Kier alpha value is -0.200. The van der Waals surface area contributed by atoms with Crippen LogP contribution in [0.15, 0.2) is 0 Å². The normalized spacial score (nSPS) is 22.3. The average Bonchev–Trinajstić information content (AvgIpc) is 2.89. The van der Waals surface area contributed by atoms with Crippen molar-refractivity contribution in [1.82, 2.24) is 0 Å². The van der Waals surface area contributed by atoms with E-state index in [2.05, 4.69) is 20.8 Å². The van der Waals surface area contributed by atoms with Gasteiger partial charge in [-0.15, -0.1) is 0 Å². The first-order valence-corrected chi connectivity index (χ1v) is 15.8. The van der Waals surface area contributed by atoms with Gasteiger partial charge in [0.1, 0.15) is 6.10 Å².